The molecule has 9 rings (SSSR count). The van der Waals surface area contributed by atoms with Gasteiger partial charge in [0.1, 0.15) is 0 Å². The summed E-state index contributed by atoms with van der Waals surface area (Å²) >= 11 is -6.67. The normalized spacial score (nSPS) is 18.1. The Balaban J connectivity index is 1.44. The van der Waals surface area contributed by atoms with Gasteiger partial charge in [0.05, 0.1) is 0 Å². The van der Waals surface area contributed by atoms with E-state index < -0.39 is 80.1 Å². The molecular weight excluding hydrogens is 1140 g/mol. The number of fused-ring (bicyclic) bond motifs is 5. The number of hydrogen-bond donors (Lipinski definition) is 0. The van der Waals surface area contributed by atoms with E-state index in [0.29, 0.717) is 71.9 Å². The Bertz CT molecular complexity index is 3110. The van der Waals surface area contributed by atoms with Gasteiger partial charge in [0.15, 0.2) is 0 Å². The zero-order valence-electron chi connectivity index (χ0n) is 42.5. The number of benzene rings is 6. The van der Waals surface area contributed by atoms with Gasteiger partial charge in [-0.3, -0.25) is 0 Å². The molecule has 0 radical (unpaired) electrons. The van der Waals surface area contributed by atoms with E-state index in [9.17, 15) is 69.7 Å². The monoisotopic (exact) mass is 1190 g/mol. The van der Waals surface area contributed by atoms with Crippen LogP contribution < -0.4 is 13.6 Å². The molecule has 4 unspecified atom stereocenters. The van der Waals surface area contributed by atoms with Gasteiger partial charge in [-0.1, -0.05) is 0 Å². The van der Waals surface area contributed by atoms with Crippen LogP contribution in [0.1, 0.15) is 130 Å². The van der Waals surface area contributed by atoms with Crippen molar-refractivity contribution in [1.82, 2.24) is 0 Å². The minimum absolute atomic E-state index is 0.116. The Labute approximate surface area is 445 Å². The van der Waals surface area contributed by atoms with Crippen molar-refractivity contribution < 1.29 is 69.1 Å². The first-order valence-corrected chi connectivity index (χ1v) is 37.5. The van der Waals surface area contributed by atoms with E-state index in [-0.39, 0.29) is 46.2 Å². The molecule has 0 amide bonds. The molecule has 16 heteroatoms. The fourth-order valence-corrected chi connectivity index (χ4v) is 40.5. The standard InChI is InChI=1S/2C24H23F6.C12H9Si.2ClH.Zr/c2*1-4-6-15-7-8-16-9-17(14(3)5-2)12-21(16)22(15)18-10-19(23(25,26)27)13-20(11-18)24(28,29)30;1-3-7-11-9(5-1)10-6-2-4-8-12(10)13-11;;;/h2*7-14H,4-6H2,1-3H3;1-7H,13H2;2*1H;/q;;;;;+2/p-2. The maximum atomic E-state index is 14.7. The average molecular weight is 1190 g/mol. The molecule has 3 aliphatic rings. The summed E-state index contributed by atoms with van der Waals surface area (Å²) in [6.45, 7) is 11.6. The first-order chi connectivity index (χ1) is 35.6. The Hall–Kier alpha value is -4.36. The van der Waals surface area contributed by atoms with Crippen molar-refractivity contribution in [2.45, 2.75) is 112 Å². The molecule has 6 aromatic carbocycles. The molecule has 0 saturated heterocycles. The molecule has 6 aromatic rings. The van der Waals surface area contributed by atoms with Crippen LogP contribution in [0.4, 0.5) is 52.7 Å². The average Bonchev–Trinajstić information content (AvgIpc) is 4.27. The summed E-state index contributed by atoms with van der Waals surface area (Å²) in [4.78, 5) is 0. The Morgan fingerprint density at radius 2 is 0.895 bits per heavy atom. The second-order valence-corrected chi connectivity index (χ2v) is 43.3. The first-order valence-electron chi connectivity index (χ1n) is 25.7. The van der Waals surface area contributed by atoms with Gasteiger partial charge in [-0.05, 0) is 0 Å². The number of alkyl halides is 12. The first kappa shape index (κ1) is 56.4. The summed E-state index contributed by atoms with van der Waals surface area (Å²) in [5.41, 5.74) is 0.365. The molecule has 0 nitrogen and oxygen atoms in total. The van der Waals surface area contributed by atoms with Crippen molar-refractivity contribution in [3.05, 3.63) is 170 Å². The predicted molar refractivity (Wildman–Crippen MR) is 283 cm³/mol. The van der Waals surface area contributed by atoms with E-state index in [1.807, 2.05) is 102 Å². The van der Waals surface area contributed by atoms with Crippen molar-refractivity contribution in [1.29, 1.82) is 0 Å². The molecule has 401 valence electrons. The van der Waals surface area contributed by atoms with Gasteiger partial charge < -0.3 is 0 Å². The quantitative estimate of drug-likeness (QED) is 0.0797. The zero-order valence-corrected chi connectivity index (χ0v) is 47.9. The number of rotatable bonds is 13. The summed E-state index contributed by atoms with van der Waals surface area (Å²) in [5, 5.41) is 2.12. The fraction of sp³-hybridized carbons (Fsp3) is 0.333. The van der Waals surface area contributed by atoms with Crippen molar-refractivity contribution in [3.63, 3.8) is 0 Å². The molecule has 0 aromatic heterocycles. The number of halogens is 14. The zero-order chi connectivity index (χ0) is 55.3. The van der Waals surface area contributed by atoms with Crippen LogP contribution >= 0.6 is 17.0 Å². The third-order valence-electron chi connectivity index (χ3n) is 16.2. The Morgan fingerprint density at radius 1 is 0.500 bits per heavy atom. The van der Waals surface area contributed by atoms with Crippen molar-refractivity contribution in [3.8, 4) is 33.4 Å². The molecule has 0 fully saturated rings. The summed E-state index contributed by atoms with van der Waals surface area (Å²) in [7, 11) is 17.2. The predicted octanol–water partition coefficient (Wildman–Crippen LogP) is 18.1. The van der Waals surface area contributed by atoms with E-state index in [1.54, 1.807) is 12.1 Å². The van der Waals surface area contributed by atoms with Crippen molar-refractivity contribution in [2.75, 3.05) is 0 Å². The maximum absolute atomic E-state index is 14.7. The van der Waals surface area contributed by atoms with Gasteiger partial charge in [-0.25, -0.2) is 0 Å². The number of aryl methyl sites for hydroxylation is 2. The molecule has 2 aliphatic carbocycles. The van der Waals surface area contributed by atoms with Crippen LogP contribution in [0.5, 0.6) is 0 Å². The summed E-state index contributed by atoms with van der Waals surface area (Å²) in [6, 6.07) is 24.4. The van der Waals surface area contributed by atoms with Crippen molar-refractivity contribution >= 4 is 52.3 Å². The molecule has 4 atom stereocenters. The van der Waals surface area contributed by atoms with E-state index in [0.717, 1.165) is 60.2 Å². The third-order valence-corrected chi connectivity index (χ3v) is 38.8. The summed E-state index contributed by atoms with van der Waals surface area (Å²) < 4.78 is 176. The Morgan fingerprint density at radius 3 is 1.28 bits per heavy atom. The Kier molecular flexibility index (Phi) is 14.9. The second-order valence-electron chi connectivity index (χ2n) is 20.9. The van der Waals surface area contributed by atoms with Gasteiger partial charge in [-0.2, -0.15) is 0 Å². The van der Waals surface area contributed by atoms with Crippen LogP contribution in [0, 0.1) is 11.8 Å². The van der Waals surface area contributed by atoms with Crippen LogP contribution in [0.15, 0.2) is 114 Å². The van der Waals surface area contributed by atoms with Gasteiger partial charge in [-0.15, -0.1) is 0 Å². The minimum atomic E-state index is -6.67. The van der Waals surface area contributed by atoms with E-state index in [4.69, 9.17) is 0 Å². The molecule has 76 heavy (non-hydrogen) atoms. The van der Waals surface area contributed by atoms with E-state index in [2.05, 4.69) is 6.07 Å². The van der Waals surface area contributed by atoms with E-state index >= 15 is 0 Å². The van der Waals surface area contributed by atoms with Gasteiger partial charge in [0.2, 0.25) is 0 Å². The molecular formula is C60H55Cl2F12SiZr. The fourth-order valence-electron chi connectivity index (χ4n) is 12.5. The molecule has 0 bridgehead atoms. The van der Waals surface area contributed by atoms with Crippen LogP contribution in [0.3, 0.4) is 0 Å². The molecule has 1 heterocycles. The second kappa shape index (κ2) is 20.1. The van der Waals surface area contributed by atoms with Gasteiger partial charge in [0, 0.05) is 0 Å². The summed E-state index contributed by atoms with van der Waals surface area (Å²) in [6.07, 6.45) is -14.1. The number of allylic oxidation sites excluding steroid dienone is 2. The van der Waals surface area contributed by atoms with Crippen LogP contribution in [-0.4, -0.2) is 9.52 Å². The summed E-state index contributed by atoms with van der Waals surface area (Å²) in [5.74, 6) is -0.622. The SMILES string of the molecule is CCCc1ccc2c(c1-c1cc(C(F)(F)F)cc(C(F)(F)F)c1)C=C(C(C)CC)[CH]2[Zr]([Cl])([Cl])([c]1cccc2c1[SiH2]c1ccccc1-2)[CH]1C(C(C)CC)=Cc2c1ccc(CCC)c2-c1cc(C(F)(F)F)cc(C(F)(F)F)c1. The van der Waals surface area contributed by atoms with Crippen LogP contribution in [0.25, 0.3) is 45.5 Å². The molecule has 0 spiro atoms. The van der Waals surface area contributed by atoms with Crippen LogP contribution in [-0.2, 0) is 53.9 Å². The van der Waals surface area contributed by atoms with Gasteiger partial charge in [0.25, 0.3) is 0 Å². The molecule has 1 aliphatic heterocycles. The molecule has 0 N–H and O–H groups in total. The van der Waals surface area contributed by atoms with Gasteiger partial charge >= 0.3 is 449 Å². The molecule has 0 saturated carbocycles. The number of hydrogen-bond acceptors (Lipinski definition) is 0. The van der Waals surface area contributed by atoms with Crippen LogP contribution in [0.2, 0.25) is 0 Å². The van der Waals surface area contributed by atoms with Crippen molar-refractivity contribution in [2.24, 2.45) is 11.8 Å². The van der Waals surface area contributed by atoms with E-state index in [1.165, 1.54) is 0 Å². The topological polar surface area (TPSA) is 0 Å². The third kappa shape index (κ3) is 9.62.